The molecule has 0 spiro atoms. The molecule has 2 aromatic rings. The molecule has 8 N–H and O–H groups in total. The Labute approximate surface area is 229 Å². The Morgan fingerprint density at radius 2 is 1.87 bits per heavy atom. The molecule has 1 aliphatic rings. The standard InChI is InChI=1S/C28H42N6O5/c1-17(2)14-23(28(38)39)33-25(35)22(15-18-16-31-21-10-4-3-8-19(18)21)32-26(36)24-11-7-13-34(24)27(37)20(30)9-5-6-12-29/h3-4,8,10,16-17,20,22-24,31H,5-7,9,11-15,29-30H2,1-2H3,(H,32,36)(H,33,35)(H,38,39). The van der Waals surface area contributed by atoms with Crippen molar-refractivity contribution in [1.82, 2.24) is 20.5 Å². The first kappa shape index (κ1) is 30.1. The van der Waals surface area contributed by atoms with Gasteiger partial charge in [-0.05, 0) is 56.2 Å². The number of carbonyl (C=O) groups is 4. The molecule has 0 aliphatic carbocycles. The van der Waals surface area contributed by atoms with Gasteiger partial charge in [0, 0.05) is 30.1 Å². The van der Waals surface area contributed by atoms with Gasteiger partial charge >= 0.3 is 5.97 Å². The summed E-state index contributed by atoms with van der Waals surface area (Å²) in [6, 6.07) is 4.01. The summed E-state index contributed by atoms with van der Waals surface area (Å²) in [7, 11) is 0. The van der Waals surface area contributed by atoms with Crippen molar-refractivity contribution in [3.05, 3.63) is 36.0 Å². The number of unbranched alkanes of at least 4 members (excludes halogenated alkanes) is 1. The van der Waals surface area contributed by atoms with Crippen LogP contribution in [0.25, 0.3) is 10.9 Å². The zero-order valence-electron chi connectivity index (χ0n) is 22.8. The van der Waals surface area contributed by atoms with Crippen LogP contribution in [0.3, 0.4) is 0 Å². The van der Waals surface area contributed by atoms with Crippen LogP contribution in [0.15, 0.2) is 30.5 Å². The van der Waals surface area contributed by atoms with Crippen molar-refractivity contribution < 1.29 is 24.3 Å². The summed E-state index contributed by atoms with van der Waals surface area (Å²) in [5.74, 6) is -2.42. The number of aromatic amines is 1. The molecular formula is C28H42N6O5. The molecule has 11 nitrogen and oxygen atoms in total. The van der Waals surface area contributed by atoms with Gasteiger partial charge in [-0.3, -0.25) is 14.4 Å². The summed E-state index contributed by atoms with van der Waals surface area (Å²) in [6.45, 7) is 4.69. The van der Waals surface area contributed by atoms with Gasteiger partial charge in [0.2, 0.25) is 17.7 Å². The minimum absolute atomic E-state index is 0.0418. The van der Waals surface area contributed by atoms with Gasteiger partial charge in [0.1, 0.15) is 18.1 Å². The molecule has 0 bridgehead atoms. The van der Waals surface area contributed by atoms with E-state index in [1.807, 2.05) is 38.1 Å². The molecule has 4 atom stereocenters. The average Bonchev–Trinajstić information content (AvgIpc) is 3.55. The smallest absolute Gasteiger partial charge is 0.326 e. The number of aromatic nitrogens is 1. The van der Waals surface area contributed by atoms with E-state index in [-0.39, 0.29) is 24.7 Å². The number of carboxylic acid groups (broad SMARTS) is 1. The highest BCUT2D eigenvalue weighted by Crippen LogP contribution is 2.22. The Balaban J connectivity index is 1.79. The number of rotatable bonds is 14. The van der Waals surface area contributed by atoms with Crippen LogP contribution in [0.4, 0.5) is 0 Å². The number of hydrogen-bond acceptors (Lipinski definition) is 6. The van der Waals surface area contributed by atoms with E-state index in [9.17, 15) is 24.3 Å². The molecule has 214 valence electrons. The van der Waals surface area contributed by atoms with E-state index in [1.54, 1.807) is 6.20 Å². The molecular weight excluding hydrogens is 500 g/mol. The van der Waals surface area contributed by atoms with Crippen molar-refractivity contribution in [2.75, 3.05) is 13.1 Å². The number of amides is 3. The number of benzene rings is 1. The number of para-hydroxylation sites is 1. The number of H-pyrrole nitrogens is 1. The number of nitrogens with two attached hydrogens (primary N) is 2. The third kappa shape index (κ3) is 8.03. The van der Waals surface area contributed by atoms with Gasteiger partial charge in [0.15, 0.2) is 0 Å². The molecule has 1 saturated heterocycles. The normalized spacial score (nSPS) is 17.7. The van der Waals surface area contributed by atoms with Gasteiger partial charge in [-0.25, -0.2) is 4.79 Å². The Kier molecular flexibility index (Phi) is 10.9. The summed E-state index contributed by atoms with van der Waals surface area (Å²) in [4.78, 5) is 56.4. The minimum atomic E-state index is -1.13. The Morgan fingerprint density at radius 3 is 2.56 bits per heavy atom. The monoisotopic (exact) mass is 542 g/mol. The molecule has 3 amide bonds. The average molecular weight is 543 g/mol. The number of fused-ring (bicyclic) bond motifs is 1. The first-order valence-electron chi connectivity index (χ1n) is 13.8. The van der Waals surface area contributed by atoms with Gasteiger partial charge in [-0.2, -0.15) is 0 Å². The van der Waals surface area contributed by atoms with Crippen LogP contribution < -0.4 is 22.1 Å². The van der Waals surface area contributed by atoms with Crippen molar-refractivity contribution in [2.45, 2.75) is 83.0 Å². The first-order valence-corrected chi connectivity index (χ1v) is 13.8. The number of carboxylic acids is 1. The van der Waals surface area contributed by atoms with E-state index in [4.69, 9.17) is 11.5 Å². The molecule has 39 heavy (non-hydrogen) atoms. The van der Waals surface area contributed by atoms with Crippen LogP contribution >= 0.6 is 0 Å². The van der Waals surface area contributed by atoms with Gasteiger partial charge in [-0.1, -0.05) is 38.5 Å². The Morgan fingerprint density at radius 1 is 1.13 bits per heavy atom. The Hall–Kier alpha value is -3.44. The molecule has 0 radical (unpaired) electrons. The summed E-state index contributed by atoms with van der Waals surface area (Å²) >= 11 is 0. The number of hydrogen-bond donors (Lipinski definition) is 6. The maximum absolute atomic E-state index is 13.5. The van der Waals surface area contributed by atoms with Crippen LogP contribution in [0.2, 0.25) is 0 Å². The lowest BCUT2D eigenvalue weighted by atomic mass is 10.0. The zero-order valence-corrected chi connectivity index (χ0v) is 22.8. The fourth-order valence-electron chi connectivity index (χ4n) is 5.11. The van der Waals surface area contributed by atoms with E-state index >= 15 is 0 Å². The molecule has 4 unspecified atom stereocenters. The van der Waals surface area contributed by atoms with E-state index in [2.05, 4.69) is 15.6 Å². The topological polar surface area (TPSA) is 184 Å². The summed E-state index contributed by atoms with van der Waals surface area (Å²) in [5, 5.41) is 16.0. The van der Waals surface area contributed by atoms with E-state index in [0.717, 1.165) is 29.3 Å². The first-order chi connectivity index (χ1) is 18.6. The molecule has 1 aromatic carbocycles. The van der Waals surface area contributed by atoms with Crippen molar-refractivity contribution in [3.8, 4) is 0 Å². The SMILES string of the molecule is CC(C)CC(NC(=O)C(Cc1c[nH]c2ccccc12)NC(=O)C1CCCN1C(=O)C(N)CCCCN)C(=O)O. The van der Waals surface area contributed by atoms with Crippen molar-refractivity contribution in [1.29, 1.82) is 0 Å². The highest BCUT2D eigenvalue weighted by Gasteiger charge is 2.38. The molecule has 0 saturated carbocycles. The second kappa shape index (κ2) is 14.1. The van der Waals surface area contributed by atoms with E-state index in [0.29, 0.717) is 32.4 Å². The van der Waals surface area contributed by atoms with Gasteiger partial charge in [0.25, 0.3) is 0 Å². The minimum Gasteiger partial charge on any atom is -0.480 e. The maximum atomic E-state index is 13.5. The molecule has 1 aliphatic heterocycles. The number of nitrogens with zero attached hydrogens (tertiary/aromatic N) is 1. The van der Waals surface area contributed by atoms with E-state index < -0.39 is 42.0 Å². The Bertz CT molecular complexity index is 1150. The quantitative estimate of drug-likeness (QED) is 0.194. The second-order valence-corrected chi connectivity index (χ2v) is 10.7. The third-order valence-corrected chi connectivity index (χ3v) is 7.18. The van der Waals surface area contributed by atoms with Crippen molar-refractivity contribution >= 4 is 34.6 Å². The lowest BCUT2D eigenvalue weighted by Crippen LogP contribution is -2.57. The molecule has 1 fully saturated rings. The van der Waals surface area contributed by atoms with Crippen LogP contribution in [-0.2, 0) is 25.6 Å². The predicted octanol–water partition coefficient (Wildman–Crippen LogP) is 1.26. The summed E-state index contributed by atoms with van der Waals surface area (Å²) in [6.07, 6.45) is 5.26. The fraction of sp³-hybridized carbons (Fsp3) is 0.571. The fourth-order valence-corrected chi connectivity index (χ4v) is 5.11. The maximum Gasteiger partial charge on any atom is 0.326 e. The van der Waals surface area contributed by atoms with Crippen LogP contribution in [0.5, 0.6) is 0 Å². The van der Waals surface area contributed by atoms with Gasteiger partial charge in [-0.15, -0.1) is 0 Å². The summed E-state index contributed by atoms with van der Waals surface area (Å²) < 4.78 is 0. The van der Waals surface area contributed by atoms with Crippen molar-refractivity contribution in [3.63, 3.8) is 0 Å². The molecule has 11 heteroatoms. The predicted molar refractivity (Wildman–Crippen MR) is 149 cm³/mol. The lowest BCUT2D eigenvalue weighted by molar-refractivity contribution is -0.143. The number of aliphatic carboxylic acids is 1. The second-order valence-electron chi connectivity index (χ2n) is 10.7. The lowest BCUT2D eigenvalue weighted by Gasteiger charge is -2.29. The summed E-state index contributed by atoms with van der Waals surface area (Å²) in [5.41, 5.74) is 13.4. The van der Waals surface area contributed by atoms with Crippen molar-refractivity contribution in [2.24, 2.45) is 17.4 Å². The zero-order chi connectivity index (χ0) is 28.5. The highest BCUT2D eigenvalue weighted by molar-refractivity contribution is 5.95. The molecule has 2 heterocycles. The van der Waals surface area contributed by atoms with Crippen LogP contribution in [-0.4, -0.2) is 75.9 Å². The third-order valence-electron chi connectivity index (χ3n) is 7.18. The number of likely N-dealkylation sites (tertiary alicyclic amines) is 1. The van der Waals surface area contributed by atoms with Crippen LogP contribution in [0.1, 0.15) is 57.9 Å². The molecule has 1 aromatic heterocycles. The highest BCUT2D eigenvalue weighted by atomic mass is 16.4. The number of nitrogens with one attached hydrogen (secondary N) is 3. The van der Waals surface area contributed by atoms with Gasteiger partial charge < -0.3 is 37.1 Å². The van der Waals surface area contributed by atoms with Gasteiger partial charge in [0.05, 0.1) is 6.04 Å². The largest absolute Gasteiger partial charge is 0.480 e. The van der Waals surface area contributed by atoms with E-state index in [1.165, 1.54) is 4.90 Å². The number of carbonyl (C=O) groups excluding carboxylic acids is 3. The molecule has 3 rings (SSSR count). The van der Waals surface area contributed by atoms with Crippen LogP contribution in [0, 0.1) is 5.92 Å².